The summed E-state index contributed by atoms with van der Waals surface area (Å²) in [4.78, 5) is 4.62. The van der Waals surface area contributed by atoms with Crippen LogP contribution in [0.1, 0.15) is 11.4 Å². The molecule has 18 heavy (non-hydrogen) atoms. The van der Waals surface area contributed by atoms with Gasteiger partial charge in [-0.1, -0.05) is 30.3 Å². The fraction of sp³-hybridized carbons (Fsp3) is 0.357. The summed E-state index contributed by atoms with van der Waals surface area (Å²) in [6.07, 6.45) is 1.46. The van der Waals surface area contributed by atoms with E-state index in [2.05, 4.69) is 27.8 Å². The number of aromatic nitrogens is 1. The van der Waals surface area contributed by atoms with E-state index in [1.165, 1.54) is 0 Å². The molecule has 3 nitrogen and oxygen atoms in total. The Balaban J connectivity index is 1.78. The summed E-state index contributed by atoms with van der Waals surface area (Å²) in [5.74, 6) is 0. The molecule has 0 aliphatic carbocycles. The zero-order valence-electron chi connectivity index (χ0n) is 10.1. The lowest BCUT2D eigenvalue weighted by Gasteiger charge is -2.19. The zero-order valence-corrected chi connectivity index (χ0v) is 10.9. The lowest BCUT2D eigenvalue weighted by molar-refractivity contribution is 0.0618. The van der Waals surface area contributed by atoms with Gasteiger partial charge in [-0.2, -0.15) is 0 Å². The Hall–Kier alpha value is -1.23. The van der Waals surface area contributed by atoms with E-state index in [9.17, 15) is 5.11 Å². The van der Waals surface area contributed by atoms with Crippen LogP contribution in [0.4, 0.5) is 0 Å². The summed E-state index contributed by atoms with van der Waals surface area (Å²) in [5.41, 5.74) is 1.54. The number of benzene rings is 1. The summed E-state index contributed by atoms with van der Waals surface area (Å²) < 4.78 is 0. The molecule has 1 fully saturated rings. The van der Waals surface area contributed by atoms with Crippen molar-refractivity contribution < 1.29 is 5.11 Å². The van der Waals surface area contributed by atoms with E-state index in [0.29, 0.717) is 13.0 Å². The minimum atomic E-state index is -0.605. The quantitative estimate of drug-likeness (QED) is 0.888. The van der Waals surface area contributed by atoms with Crippen LogP contribution < -0.4 is 5.32 Å². The third-order valence-electron chi connectivity index (χ3n) is 3.32. The molecular formula is C14H16N2OS. The molecular weight excluding hydrogens is 244 g/mol. The Morgan fingerprint density at radius 3 is 2.89 bits per heavy atom. The van der Waals surface area contributed by atoms with E-state index in [4.69, 9.17) is 0 Å². The Kier molecular flexibility index (Phi) is 3.16. The molecule has 1 aliphatic heterocycles. The van der Waals surface area contributed by atoms with Gasteiger partial charge in [-0.05, 0) is 13.0 Å². The molecule has 1 aromatic carbocycles. The Labute approximate surface area is 111 Å². The van der Waals surface area contributed by atoms with Crippen LogP contribution in [-0.4, -0.2) is 28.8 Å². The van der Waals surface area contributed by atoms with Gasteiger partial charge in [0, 0.05) is 23.9 Å². The first-order valence-electron chi connectivity index (χ1n) is 6.18. The number of aliphatic hydroxyl groups is 1. The maximum atomic E-state index is 10.3. The molecule has 2 aromatic rings. The highest BCUT2D eigenvalue weighted by molar-refractivity contribution is 7.09. The number of rotatable bonds is 3. The van der Waals surface area contributed by atoms with Gasteiger partial charge in [-0.15, -0.1) is 11.3 Å². The van der Waals surface area contributed by atoms with Gasteiger partial charge in [0.2, 0.25) is 0 Å². The number of thiazole rings is 1. The van der Waals surface area contributed by atoms with Crippen LogP contribution in [-0.2, 0) is 6.42 Å². The van der Waals surface area contributed by atoms with Crippen LogP contribution in [0.3, 0.4) is 0 Å². The molecule has 0 bridgehead atoms. The summed E-state index contributed by atoms with van der Waals surface area (Å²) in [5, 5.41) is 16.6. The maximum absolute atomic E-state index is 10.3. The van der Waals surface area contributed by atoms with Gasteiger partial charge in [0.1, 0.15) is 0 Å². The van der Waals surface area contributed by atoms with Crippen molar-refractivity contribution in [1.29, 1.82) is 0 Å². The standard InChI is InChI=1S/C14H16N2OS/c17-14(6-7-15-10-14)8-13-16-12(9-18-13)11-4-2-1-3-5-11/h1-5,9,15,17H,6-8,10H2. The van der Waals surface area contributed by atoms with Gasteiger partial charge >= 0.3 is 0 Å². The molecule has 4 heteroatoms. The molecule has 1 aliphatic rings. The minimum Gasteiger partial charge on any atom is -0.388 e. The lowest BCUT2D eigenvalue weighted by Crippen LogP contribution is -2.33. The Morgan fingerprint density at radius 1 is 1.33 bits per heavy atom. The third kappa shape index (κ3) is 2.46. The van der Waals surface area contributed by atoms with Gasteiger partial charge in [-0.25, -0.2) is 4.98 Å². The first kappa shape index (κ1) is 11.8. The smallest absolute Gasteiger partial charge is 0.0961 e. The van der Waals surface area contributed by atoms with Crippen LogP contribution >= 0.6 is 11.3 Å². The topological polar surface area (TPSA) is 45.2 Å². The Bertz CT molecular complexity index is 518. The maximum Gasteiger partial charge on any atom is 0.0961 e. The first-order valence-corrected chi connectivity index (χ1v) is 7.06. The molecule has 1 atom stereocenters. The number of hydrogen-bond acceptors (Lipinski definition) is 4. The number of β-amino-alcohol motifs (C(OH)–C–C–N with tert-alkyl or cyclic N) is 1. The average molecular weight is 260 g/mol. The highest BCUT2D eigenvalue weighted by Crippen LogP contribution is 2.26. The van der Waals surface area contributed by atoms with E-state index in [1.807, 2.05) is 18.2 Å². The predicted octanol–water partition coefficient (Wildman–Crippen LogP) is 2.08. The highest BCUT2D eigenvalue weighted by Gasteiger charge is 2.32. The van der Waals surface area contributed by atoms with Crippen molar-refractivity contribution in [2.24, 2.45) is 0 Å². The van der Waals surface area contributed by atoms with Gasteiger partial charge < -0.3 is 10.4 Å². The van der Waals surface area contributed by atoms with Gasteiger partial charge in [0.25, 0.3) is 0 Å². The van der Waals surface area contributed by atoms with Crippen LogP contribution in [0.25, 0.3) is 11.3 Å². The molecule has 1 saturated heterocycles. The number of nitrogens with one attached hydrogen (secondary N) is 1. The van der Waals surface area contributed by atoms with Crippen molar-refractivity contribution in [2.75, 3.05) is 13.1 Å². The predicted molar refractivity (Wildman–Crippen MR) is 73.7 cm³/mol. The Morgan fingerprint density at radius 2 is 2.17 bits per heavy atom. The molecule has 3 rings (SSSR count). The molecule has 0 radical (unpaired) electrons. The molecule has 2 N–H and O–H groups in total. The second-order valence-electron chi connectivity index (χ2n) is 4.82. The van der Waals surface area contributed by atoms with Crippen molar-refractivity contribution in [3.63, 3.8) is 0 Å². The second kappa shape index (κ2) is 4.80. The molecule has 0 amide bonds. The van der Waals surface area contributed by atoms with Crippen molar-refractivity contribution >= 4 is 11.3 Å². The van der Waals surface area contributed by atoms with Gasteiger partial charge in [-0.3, -0.25) is 0 Å². The van der Waals surface area contributed by atoms with E-state index in [-0.39, 0.29) is 0 Å². The molecule has 1 unspecified atom stereocenters. The summed E-state index contributed by atoms with van der Waals surface area (Å²) in [6, 6.07) is 10.2. The summed E-state index contributed by atoms with van der Waals surface area (Å²) >= 11 is 1.63. The molecule has 2 heterocycles. The van der Waals surface area contributed by atoms with Crippen LogP contribution in [0.5, 0.6) is 0 Å². The zero-order chi connectivity index (χ0) is 12.4. The normalized spacial score (nSPS) is 23.4. The second-order valence-corrected chi connectivity index (χ2v) is 5.76. The van der Waals surface area contributed by atoms with Crippen molar-refractivity contribution in [3.05, 3.63) is 40.7 Å². The SMILES string of the molecule is OC1(Cc2nc(-c3ccccc3)cs2)CCNC1. The third-order valence-corrected chi connectivity index (χ3v) is 4.17. The van der Waals surface area contributed by atoms with Crippen molar-refractivity contribution in [1.82, 2.24) is 10.3 Å². The van der Waals surface area contributed by atoms with Crippen molar-refractivity contribution in [2.45, 2.75) is 18.4 Å². The van der Waals surface area contributed by atoms with Crippen LogP contribution in [0.15, 0.2) is 35.7 Å². The molecule has 94 valence electrons. The van der Waals surface area contributed by atoms with Gasteiger partial charge in [0.05, 0.1) is 16.3 Å². The summed E-state index contributed by atoms with van der Waals surface area (Å²) in [7, 11) is 0. The largest absolute Gasteiger partial charge is 0.388 e. The monoisotopic (exact) mass is 260 g/mol. The average Bonchev–Trinajstić information content (AvgIpc) is 3.00. The molecule has 1 aromatic heterocycles. The van der Waals surface area contributed by atoms with Crippen LogP contribution in [0, 0.1) is 0 Å². The van der Waals surface area contributed by atoms with Gasteiger partial charge in [0.15, 0.2) is 0 Å². The first-order chi connectivity index (χ1) is 8.75. The number of nitrogens with zero attached hydrogens (tertiary/aromatic N) is 1. The van der Waals surface area contributed by atoms with Crippen LogP contribution in [0.2, 0.25) is 0 Å². The van der Waals surface area contributed by atoms with E-state index in [0.717, 1.165) is 29.2 Å². The highest BCUT2D eigenvalue weighted by atomic mass is 32.1. The summed E-state index contributed by atoms with van der Waals surface area (Å²) in [6.45, 7) is 1.57. The molecule has 0 saturated carbocycles. The lowest BCUT2D eigenvalue weighted by atomic mass is 10.00. The van der Waals surface area contributed by atoms with E-state index >= 15 is 0 Å². The fourth-order valence-corrected chi connectivity index (χ4v) is 3.24. The fourth-order valence-electron chi connectivity index (χ4n) is 2.30. The van der Waals surface area contributed by atoms with E-state index < -0.39 is 5.60 Å². The van der Waals surface area contributed by atoms with Crippen molar-refractivity contribution in [3.8, 4) is 11.3 Å². The molecule has 0 spiro atoms. The number of hydrogen-bond donors (Lipinski definition) is 2. The minimum absolute atomic E-state index is 0.605. The van der Waals surface area contributed by atoms with E-state index in [1.54, 1.807) is 11.3 Å².